The van der Waals surface area contributed by atoms with Crippen LogP contribution >= 0.6 is 0 Å². The number of carbonyl (C=O) groups is 1. The van der Waals surface area contributed by atoms with Crippen LogP contribution in [0.15, 0.2) is 11.8 Å². The third kappa shape index (κ3) is 6.54. The molecule has 3 nitrogen and oxygen atoms in total. The minimum absolute atomic E-state index is 0.236. The lowest BCUT2D eigenvalue weighted by Gasteiger charge is -2.08. The molecule has 1 unspecified atom stereocenters. The summed E-state index contributed by atoms with van der Waals surface area (Å²) in [7, 11) is 0.262. The van der Waals surface area contributed by atoms with Gasteiger partial charge >= 0.3 is 5.97 Å². The first-order valence-corrected chi connectivity index (χ1v) is 8.03. The van der Waals surface area contributed by atoms with E-state index < -0.39 is 8.07 Å². The second kappa shape index (κ2) is 5.19. The van der Waals surface area contributed by atoms with Crippen LogP contribution in [0.4, 0.5) is 0 Å². The van der Waals surface area contributed by atoms with Gasteiger partial charge in [-0.15, -0.1) is 0 Å². The number of esters is 1. The lowest BCUT2D eigenvalue weighted by Crippen LogP contribution is -2.64. The average molecular weight is 202 g/mol. The fraction of sp³-hybridized carbons (Fsp3) is 0.667. The number of hydrogen-bond donors (Lipinski definition) is 1. The summed E-state index contributed by atoms with van der Waals surface area (Å²) in [5.74, 6) is -0.236. The van der Waals surface area contributed by atoms with Crippen LogP contribution in [-0.2, 0) is 9.53 Å². The summed E-state index contributed by atoms with van der Waals surface area (Å²) in [6.45, 7) is 6.75. The standard InChI is InChI=1S/C9H19NO2Si/c1-12-9(11)8(10)6-5-7-13(2,3)4/h5,7-8H,6,10H2,1-4H3/p+1/b7-5-. The molecule has 0 spiro atoms. The van der Waals surface area contributed by atoms with Gasteiger partial charge in [0.15, 0.2) is 6.04 Å². The minimum Gasteiger partial charge on any atom is -0.465 e. The van der Waals surface area contributed by atoms with E-state index in [2.05, 4.69) is 35.8 Å². The van der Waals surface area contributed by atoms with E-state index in [1.165, 1.54) is 7.11 Å². The highest BCUT2D eigenvalue weighted by molar-refractivity contribution is 6.80. The molecule has 4 heteroatoms. The predicted octanol–water partition coefficient (Wildman–Crippen LogP) is 0.594. The summed E-state index contributed by atoms with van der Waals surface area (Å²) in [5, 5.41) is 0. The maximum absolute atomic E-state index is 11.0. The van der Waals surface area contributed by atoms with Crippen LogP contribution in [0.3, 0.4) is 0 Å². The van der Waals surface area contributed by atoms with Crippen LogP contribution in [-0.4, -0.2) is 27.2 Å². The zero-order valence-corrected chi connectivity index (χ0v) is 9.96. The van der Waals surface area contributed by atoms with Crippen molar-refractivity contribution < 1.29 is 15.3 Å². The van der Waals surface area contributed by atoms with E-state index in [0.29, 0.717) is 6.42 Å². The van der Waals surface area contributed by atoms with E-state index in [4.69, 9.17) is 0 Å². The van der Waals surface area contributed by atoms with Gasteiger partial charge in [-0.1, -0.05) is 31.4 Å². The number of carbonyl (C=O) groups excluding carboxylic acids is 1. The Morgan fingerprint density at radius 3 is 2.46 bits per heavy atom. The van der Waals surface area contributed by atoms with Gasteiger partial charge in [-0.25, -0.2) is 4.79 Å². The largest absolute Gasteiger partial charge is 0.465 e. The number of hydrogen-bond acceptors (Lipinski definition) is 2. The summed E-state index contributed by atoms with van der Waals surface area (Å²) >= 11 is 0. The monoisotopic (exact) mass is 202 g/mol. The third-order valence-corrected chi connectivity index (χ3v) is 2.81. The van der Waals surface area contributed by atoms with Crippen molar-refractivity contribution in [3.63, 3.8) is 0 Å². The number of methoxy groups -OCH3 is 1. The third-order valence-electron chi connectivity index (χ3n) is 1.57. The van der Waals surface area contributed by atoms with Crippen molar-refractivity contribution in [3.8, 4) is 0 Å². The lowest BCUT2D eigenvalue weighted by molar-refractivity contribution is -0.406. The topological polar surface area (TPSA) is 53.9 Å². The molecule has 0 bridgehead atoms. The molecule has 0 aromatic carbocycles. The molecule has 0 amide bonds. The number of ether oxygens (including phenoxy) is 1. The highest BCUT2D eigenvalue weighted by Gasteiger charge is 2.16. The van der Waals surface area contributed by atoms with Crippen molar-refractivity contribution >= 4 is 14.0 Å². The first-order chi connectivity index (χ1) is 5.87. The second-order valence-electron chi connectivity index (χ2n) is 4.22. The van der Waals surface area contributed by atoms with Crippen molar-refractivity contribution in [2.24, 2.45) is 0 Å². The van der Waals surface area contributed by atoms with E-state index in [-0.39, 0.29) is 12.0 Å². The fourth-order valence-electron chi connectivity index (χ4n) is 0.849. The van der Waals surface area contributed by atoms with Gasteiger partial charge < -0.3 is 10.5 Å². The summed E-state index contributed by atoms with van der Waals surface area (Å²) in [6.07, 6.45) is 2.72. The molecule has 0 rings (SSSR count). The van der Waals surface area contributed by atoms with E-state index >= 15 is 0 Å². The molecule has 0 radical (unpaired) electrons. The van der Waals surface area contributed by atoms with Crippen molar-refractivity contribution in [1.82, 2.24) is 0 Å². The Balaban J connectivity index is 3.89. The first-order valence-electron chi connectivity index (χ1n) is 4.45. The van der Waals surface area contributed by atoms with Gasteiger partial charge in [-0.2, -0.15) is 0 Å². The SMILES string of the molecule is COC(=O)C([NH3+])C/C=C\[Si](C)(C)C. The molecule has 13 heavy (non-hydrogen) atoms. The minimum atomic E-state index is -1.13. The molecule has 0 aliphatic heterocycles. The van der Waals surface area contributed by atoms with Crippen molar-refractivity contribution in [3.05, 3.63) is 11.8 Å². The summed E-state index contributed by atoms with van der Waals surface area (Å²) < 4.78 is 4.57. The van der Waals surface area contributed by atoms with Gasteiger partial charge in [0.25, 0.3) is 0 Å². The smallest absolute Gasteiger partial charge is 0.364 e. The van der Waals surface area contributed by atoms with Gasteiger partial charge in [-0.05, 0) is 0 Å². The van der Waals surface area contributed by atoms with Gasteiger partial charge in [-0.3, -0.25) is 0 Å². The number of rotatable bonds is 4. The lowest BCUT2D eigenvalue weighted by atomic mass is 10.2. The van der Waals surface area contributed by atoms with Crippen molar-refractivity contribution in [2.45, 2.75) is 32.1 Å². The maximum Gasteiger partial charge on any atom is 0.364 e. The van der Waals surface area contributed by atoms with E-state index in [1.54, 1.807) is 0 Å². The first kappa shape index (κ1) is 12.4. The molecule has 0 aliphatic carbocycles. The van der Waals surface area contributed by atoms with Crippen molar-refractivity contribution in [2.75, 3.05) is 7.11 Å². The van der Waals surface area contributed by atoms with Gasteiger partial charge in [0, 0.05) is 6.42 Å². The normalized spacial score (nSPS) is 14.5. The molecular formula is C9H20NO2Si+. The molecule has 0 aliphatic rings. The molecule has 1 atom stereocenters. The van der Waals surface area contributed by atoms with E-state index in [9.17, 15) is 4.79 Å². The quantitative estimate of drug-likeness (QED) is 0.536. The zero-order valence-electron chi connectivity index (χ0n) is 8.96. The van der Waals surface area contributed by atoms with E-state index in [1.807, 2.05) is 6.08 Å². The Morgan fingerprint density at radius 1 is 1.54 bits per heavy atom. The Labute approximate surface area is 81.0 Å². The average Bonchev–Trinajstić information content (AvgIpc) is 2.00. The molecule has 3 N–H and O–H groups in total. The van der Waals surface area contributed by atoms with Gasteiger partial charge in [0.1, 0.15) is 0 Å². The van der Waals surface area contributed by atoms with Crippen LogP contribution in [0.2, 0.25) is 19.6 Å². The predicted molar refractivity (Wildman–Crippen MR) is 55.8 cm³/mol. The van der Waals surface area contributed by atoms with E-state index in [0.717, 1.165) is 0 Å². The Morgan fingerprint density at radius 2 is 2.08 bits per heavy atom. The van der Waals surface area contributed by atoms with Gasteiger partial charge in [0.05, 0.1) is 15.2 Å². The van der Waals surface area contributed by atoms with Gasteiger partial charge in [0.2, 0.25) is 0 Å². The second-order valence-corrected chi connectivity index (χ2v) is 9.29. The number of quaternary nitrogens is 1. The molecule has 0 heterocycles. The van der Waals surface area contributed by atoms with Crippen LogP contribution in [0.25, 0.3) is 0 Å². The molecule has 0 aromatic heterocycles. The molecule has 0 saturated heterocycles. The maximum atomic E-state index is 11.0. The van der Waals surface area contributed by atoms with Crippen LogP contribution in [0, 0.1) is 0 Å². The van der Waals surface area contributed by atoms with Crippen LogP contribution < -0.4 is 5.73 Å². The zero-order chi connectivity index (χ0) is 10.5. The molecule has 0 aromatic rings. The van der Waals surface area contributed by atoms with Crippen LogP contribution in [0.1, 0.15) is 6.42 Å². The molecule has 0 saturated carbocycles. The summed E-state index contributed by atoms with van der Waals surface area (Å²) in [4.78, 5) is 11.0. The summed E-state index contributed by atoms with van der Waals surface area (Å²) in [5.41, 5.74) is 5.93. The molecule has 0 fully saturated rings. The van der Waals surface area contributed by atoms with Crippen molar-refractivity contribution in [1.29, 1.82) is 0 Å². The Bertz CT molecular complexity index is 196. The summed E-state index contributed by atoms with van der Waals surface area (Å²) in [6, 6.07) is -0.266. The highest BCUT2D eigenvalue weighted by Crippen LogP contribution is 2.03. The van der Waals surface area contributed by atoms with Crippen LogP contribution in [0.5, 0.6) is 0 Å². The highest BCUT2D eigenvalue weighted by atomic mass is 28.3. The Kier molecular flexibility index (Phi) is 4.94. The Hall–Kier alpha value is -0.613. The molecule has 76 valence electrons. The fourth-order valence-corrected chi connectivity index (χ4v) is 1.69. The molecular weight excluding hydrogens is 182 g/mol.